The van der Waals surface area contributed by atoms with Crippen LogP contribution in [-0.2, 0) is 18.3 Å². The van der Waals surface area contributed by atoms with Crippen LogP contribution in [0.2, 0.25) is 0 Å². The maximum absolute atomic E-state index is 12.6. The van der Waals surface area contributed by atoms with Gasteiger partial charge in [0.1, 0.15) is 24.1 Å². The number of aliphatic hydroxyl groups excluding tert-OH is 1. The number of rotatable bonds is 5. The Morgan fingerprint density at radius 1 is 1.23 bits per heavy atom. The Kier molecular flexibility index (Phi) is 6.00. The molecule has 168 valence electrons. The monoisotopic (exact) mass is 443 g/mol. The van der Waals surface area contributed by atoms with E-state index < -0.39 is 38.0 Å². The first kappa shape index (κ1) is 23.1. The number of imidazole rings is 1. The molecule has 3 heterocycles. The highest BCUT2D eigenvalue weighted by Crippen LogP contribution is 2.52. The number of nitrogens with two attached hydrogens (primary N) is 1. The molecule has 0 spiro atoms. The number of aliphatic hydroxyl groups is 1. The van der Waals surface area contributed by atoms with Gasteiger partial charge >= 0.3 is 7.82 Å². The zero-order valence-electron chi connectivity index (χ0n) is 18.0. The summed E-state index contributed by atoms with van der Waals surface area (Å²) in [6.07, 6.45) is -0.827. The second kappa shape index (κ2) is 7.81. The fourth-order valence-electron chi connectivity index (χ4n) is 3.43. The molecule has 0 amide bonds. The van der Waals surface area contributed by atoms with Gasteiger partial charge < -0.3 is 20.5 Å². The van der Waals surface area contributed by atoms with Crippen molar-refractivity contribution in [3.05, 3.63) is 12.7 Å². The third kappa shape index (κ3) is 5.16. The number of nitrogen functional groups attached to an aromatic ring is 1. The Balaban J connectivity index is 1.94. The number of fused-ring (bicyclic) bond motifs is 1. The second-order valence-corrected chi connectivity index (χ2v) is 11.0. The Morgan fingerprint density at radius 2 is 1.90 bits per heavy atom. The minimum Gasteiger partial charge on any atom is -0.386 e. The van der Waals surface area contributed by atoms with Crippen molar-refractivity contribution < 1.29 is 28.3 Å². The standard InChI is InChI=1S/C18H30N5O6P/c1-17(2,3)7-10-13(28-30(25,26)29-18(4,5)6)12(24)16(27-10)23-9-22-11-14(19)20-8-21-15(11)23/h8-10,12-13,16,24H,7H2,1-6H3,(H,25,26)(H2,19,20,21)/t10-,12+,13?,16-/m1/s1. The number of ether oxygens (including phenoxy) is 1. The lowest BCUT2D eigenvalue weighted by molar-refractivity contribution is -0.0463. The maximum atomic E-state index is 12.6. The van der Waals surface area contributed by atoms with Gasteiger partial charge in [-0.2, -0.15) is 0 Å². The Morgan fingerprint density at radius 3 is 2.50 bits per heavy atom. The number of phosphoric ester groups is 1. The Labute approximate surface area is 175 Å². The largest absolute Gasteiger partial charge is 0.473 e. The lowest BCUT2D eigenvalue weighted by Crippen LogP contribution is -2.36. The molecule has 1 aliphatic rings. The van der Waals surface area contributed by atoms with Gasteiger partial charge in [-0.25, -0.2) is 19.5 Å². The molecule has 12 heteroatoms. The molecule has 4 N–H and O–H groups in total. The van der Waals surface area contributed by atoms with Gasteiger partial charge in [-0.3, -0.25) is 13.6 Å². The van der Waals surface area contributed by atoms with Gasteiger partial charge in [-0.1, -0.05) is 20.8 Å². The molecule has 1 saturated heterocycles. The number of hydrogen-bond acceptors (Lipinski definition) is 9. The number of aromatic nitrogens is 4. The summed E-state index contributed by atoms with van der Waals surface area (Å²) >= 11 is 0. The maximum Gasteiger partial charge on any atom is 0.473 e. The molecular weight excluding hydrogens is 413 g/mol. The number of phosphoric acid groups is 1. The number of hydrogen-bond donors (Lipinski definition) is 3. The molecule has 0 saturated carbocycles. The van der Waals surface area contributed by atoms with E-state index in [-0.39, 0.29) is 11.2 Å². The molecule has 0 radical (unpaired) electrons. The van der Waals surface area contributed by atoms with E-state index in [2.05, 4.69) is 15.0 Å². The van der Waals surface area contributed by atoms with Crippen molar-refractivity contribution in [3.8, 4) is 0 Å². The lowest BCUT2D eigenvalue weighted by Gasteiger charge is -2.29. The van der Waals surface area contributed by atoms with E-state index in [1.807, 2.05) is 20.8 Å². The molecule has 0 bridgehead atoms. The van der Waals surface area contributed by atoms with Crippen LogP contribution in [0.4, 0.5) is 5.82 Å². The average molecular weight is 443 g/mol. The highest BCUT2D eigenvalue weighted by atomic mass is 31.2. The second-order valence-electron chi connectivity index (χ2n) is 9.65. The van der Waals surface area contributed by atoms with Crippen LogP contribution in [0.5, 0.6) is 0 Å². The summed E-state index contributed by atoms with van der Waals surface area (Å²) in [4.78, 5) is 22.5. The van der Waals surface area contributed by atoms with Gasteiger partial charge in [0.05, 0.1) is 18.0 Å². The first-order valence-corrected chi connectivity index (χ1v) is 11.1. The molecule has 2 aromatic rings. The molecule has 2 unspecified atom stereocenters. The zero-order valence-corrected chi connectivity index (χ0v) is 18.9. The van der Waals surface area contributed by atoms with Crippen LogP contribution in [0.3, 0.4) is 0 Å². The van der Waals surface area contributed by atoms with Gasteiger partial charge in [0.25, 0.3) is 0 Å². The molecule has 11 nitrogen and oxygen atoms in total. The molecule has 30 heavy (non-hydrogen) atoms. The van der Waals surface area contributed by atoms with Gasteiger partial charge in [0.15, 0.2) is 17.7 Å². The highest BCUT2D eigenvalue weighted by Gasteiger charge is 2.50. The third-order valence-corrected chi connectivity index (χ3v) is 5.72. The van der Waals surface area contributed by atoms with Gasteiger partial charge in [0, 0.05) is 0 Å². The Hall–Kier alpha value is -1.62. The first-order chi connectivity index (χ1) is 13.7. The van der Waals surface area contributed by atoms with E-state index in [9.17, 15) is 14.6 Å². The molecule has 5 atom stereocenters. The summed E-state index contributed by atoms with van der Waals surface area (Å²) in [6.45, 7) is 10.9. The SMILES string of the molecule is CC(C)(C)C[C@H]1O[C@@H](n2cnc3c(N)ncnc32)[C@@H](O)C1OP(=O)(O)OC(C)(C)C. The van der Waals surface area contributed by atoms with Crippen LogP contribution < -0.4 is 5.73 Å². The van der Waals surface area contributed by atoms with Crippen molar-refractivity contribution in [2.24, 2.45) is 5.41 Å². The normalized spacial score (nSPS) is 27.5. The summed E-state index contributed by atoms with van der Waals surface area (Å²) in [7, 11) is -4.47. The van der Waals surface area contributed by atoms with Crippen molar-refractivity contribution in [1.82, 2.24) is 19.5 Å². The van der Waals surface area contributed by atoms with Gasteiger partial charge in [0.2, 0.25) is 0 Å². The van der Waals surface area contributed by atoms with Crippen LogP contribution in [0.25, 0.3) is 11.2 Å². The average Bonchev–Trinajstić information content (AvgIpc) is 3.08. The van der Waals surface area contributed by atoms with E-state index in [4.69, 9.17) is 19.5 Å². The Bertz CT molecular complexity index is 953. The van der Waals surface area contributed by atoms with Crippen molar-refractivity contribution in [2.75, 3.05) is 5.73 Å². The summed E-state index contributed by atoms with van der Waals surface area (Å²) in [5.74, 6) is 0.198. The van der Waals surface area contributed by atoms with E-state index >= 15 is 0 Å². The van der Waals surface area contributed by atoms with Crippen molar-refractivity contribution >= 4 is 24.8 Å². The number of anilines is 1. The first-order valence-electron chi connectivity index (χ1n) is 9.65. The third-order valence-electron chi connectivity index (χ3n) is 4.43. The molecule has 0 aromatic carbocycles. The lowest BCUT2D eigenvalue weighted by atomic mass is 9.87. The van der Waals surface area contributed by atoms with E-state index in [1.165, 1.54) is 17.2 Å². The molecule has 2 aromatic heterocycles. The molecule has 3 rings (SSSR count). The van der Waals surface area contributed by atoms with Crippen LogP contribution in [0, 0.1) is 5.41 Å². The summed E-state index contributed by atoms with van der Waals surface area (Å²) in [5.41, 5.74) is 5.47. The summed E-state index contributed by atoms with van der Waals surface area (Å²) in [6, 6.07) is 0. The molecule has 1 aliphatic heterocycles. The van der Waals surface area contributed by atoms with Crippen LogP contribution in [0.1, 0.15) is 54.2 Å². The van der Waals surface area contributed by atoms with E-state index in [0.717, 1.165) is 0 Å². The smallest absolute Gasteiger partial charge is 0.386 e. The molecule has 0 aliphatic carbocycles. The topological polar surface area (TPSA) is 155 Å². The van der Waals surface area contributed by atoms with E-state index in [0.29, 0.717) is 17.6 Å². The fraction of sp³-hybridized carbons (Fsp3) is 0.722. The molecular formula is C18H30N5O6P. The molecule has 1 fully saturated rings. The van der Waals surface area contributed by atoms with Crippen LogP contribution in [0.15, 0.2) is 12.7 Å². The highest BCUT2D eigenvalue weighted by molar-refractivity contribution is 7.47. The van der Waals surface area contributed by atoms with Crippen molar-refractivity contribution in [2.45, 2.75) is 78.1 Å². The number of nitrogens with zero attached hydrogens (tertiary/aromatic N) is 4. The van der Waals surface area contributed by atoms with Crippen LogP contribution >= 0.6 is 7.82 Å². The van der Waals surface area contributed by atoms with Crippen LogP contribution in [-0.4, -0.2) is 53.4 Å². The quantitative estimate of drug-likeness (QED) is 0.587. The van der Waals surface area contributed by atoms with Gasteiger partial charge in [-0.05, 0) is 32.6 Å². The van der Waals surface area contributed by atoms with Crippen molar-refractivity contribution in [3.63, 3.8) is 0 Å². The minimum absolute atomic E-state index is 0.198. The minimum atomic E-state index is -4.47. The van der Waals surface area contributed by atoms with E-state index in [1.54, 1.807) is 20.8 Å². The zero-order chi connectivity index (χ0) is 22.5. The predicted molar refractivity (Wildman–Crippen MR) is 109 cm³/mol. The summed E-state index contributed by atoms with van der Waals surface area (Å²) in [5, 5.41) is 11.0. The predicted octanol–water partition coefficient (Wildman–Crippen LogP) is 2.40. The summed E-state index contributed by atoms with van der Waals surface area (Å²) < 4.78 is 30.8. The fourth-order valence-corrected chi connectivity index (χ4v) is 4.73. The van der Waals surface area contributed by atoms with Gasteiger partial charge in [-0.15, -0.1) is 0 Å². The van der Waals surface area contributed by atoms with Crippen molar-refractivity contribution in [1.29, 1.82) is 0 Å².